The maximum atomic E-state index is 12.5. The van der Waals surface area contributed by atoms with Gasteiger partial charge in [0.05, 0.1) is 19.9 Å². The Morgan fingerprint density at radius 1 is 1.07 bits per heavy atom. The van der Waals surface area contributed by atoms with Crippen LogP contribution in [0.2, 0.25) is 0 Å². The molecule has 0 unspecified atom stereocenters. The van der Waals surface area contributed by atoms with Crippen LogP contribution in [0.3, 0.4) is 0 Å². The summed E-state index contributed by atoms with van der Waals surface area (Å²) in [6.45, 7) is 1.94. The van der Waals surface area contributed by atoms with E-state index in [1.54, 1.807) is 21.3 Å². The second-order valence-electron chi connectivity index (χ2n) is 6.14. The van der Waals surface area contributed by atoms with Gasteiger partial charge in [0, 0.05) is 18.0 Å². The molecule has 1 aromatic heterocycles. The average Bonchev–Trinajstić information content (AvgIpc) is 3.22. The lowest BCUT2D eigenvalue weighted by atomic mass is 10.1. The predicted octanol–water partition coefficient (Wildman–Crippen LogP) is 4.18. The molecule has 0 atom stereocenters. The van der Waals surface area contributed by atoms with Crippen molar-refractivity contribution in [3.63, 3.8) is 0 Å². The Kier molecular flexibility index (Phi) is 6.16. The van der Waals surface area contributed by atoms with Crippen LogP contribution in [0.5, 0.6) is 17.2 Å². The van der Waals surface area contributed by atoms with E-state index in [1.165, 1.54) is 16.2 Å². The van der Waals surface area contributed by atoms with Crippen molar-refractivity contribution < 1.29 is 19.0 Å². The Morgan fingerprint density at radius 2 is 1.79 bits per heavy atom. The molecule has 0 saturated heterocycles. The predicted molar refractivity (Wildman–Crippen MR) is 111 cm³/mol. The van der Waals surface area contributed by atoms with E-state index in [0.29, 0.717) is 22.4 Å². The standard InChI is InChI=1S/C21H22N2O4S/c1-14-5-7-15(8-6-14)27-12-20(24)23(2)21-22-18(13-28-21)17-11-16(25-3)9-10-19(17)26-4/h5-11,13H,12H2,1-4H3. The minimum atomic E-state index is -0.181. The Bertz CT molecular complexity index is 953. The van der Waals surface area contributed by atoms with Crippen molar-refractivity contribution in [2.24, 2.45) is 0 Å². The molecule has 1 amide bonds. The fourth-order valence-corrected chi connectivity index (χ4v) is 3.35. The molecule has 0 aliphatic heterocycles. The van der Waals surface area contributed by atoms with Crippen LogP contribution < -0.4 is 19.1 Å². The molecule has 0 radical (unpaired) electrons. The summed E-state index contributed by atoms with van der Waals surface area (Å²) in [5, 5.41) is 2.47. The number of hydrogen-bond donors (Lipinski definition) is 0. The van der Waals surface area contributed by atoms with Gasteiger partial charge in [-0.25, -0.2) is 4.98 Å². The van der Waals surface area contributed by atoms with E-state index in [-0.39, 0.29) is 12.5 Å². The van der Waals surface area contributed by atoms with Crippen molar-refractivity contribution in [2.45, 2.75) is 6.92 Å². The van der Waals surface area contributed by atoms with Gasteiger partial charge in [-0.05, 0) is 37.3 Å². The van der Waals surface area contributed by atoms with Crippen molar-refractivity contribution in [1.82, 2.24) is 4.98 Å². The lowest BCUT2D eigenvalue weighted by Gasteiger charge is -2.14. The molecule has 3 rings (SSSR count). The second-order valence-corrected chi connectivity index (χ2v) is 6.97. The van der Waals surface area contributed by atoms with Gasteiger partial charge in [0.15, 0.2) is 11.7 Å². The zero-order chi connectivity index (χ0) is 20.1. The molecule has 28 heavy (non-hydrogen) atoms. The van der Waals surface area contributed by atoms with Crippen LogP contribution in [0, 0.1) is 6.92 Å². The number of benzene rings is 2. The number of anilines is 1. The average molecular weight is 398 g/mol. The van der Waals surface area contributed by atoms with Gasteiger partial charge in [0.25, 0.3) is 5.91 Å². The first-order chi connectivity index (χ1) is 13.5. The highest BCUT2D eigenvalue weighted by atomic mass is 32.1. The van der Waals surface area contributed by atoms with Gasteiger partial charge < -0.3 is 14.2 Å². The third kappa shape index (κ3) is 4.43. The Morgan fingerprint density at radius 3 is 2.46 bits per heavy atom. The second kappa shape index (κ2) is 8.75. The van der Waals surface area contributed by atoms with E-state index in [2.05, 4.69) is 4.98 Å². The smallest absolute Gasteiger partial charge is 0.266 e. The fraction of sp³-hybridized carbons (Fsp3) is 0.238. The zero-order valence-electron chi connectivity index (χ0n) is 16.3. The SMILES string of the molecule is COc1ccc(OC)c(-c2csc(N(C)C(=O)COc3ccc(C)cc3)n2)c1. The van der Waals surface area contributed by atoms with Gasteiger partial charge in [-0.2, -0.15) is 0 Å². The molecule has 3 aromatic rings. The maximum absolute atomic E-state index is 12.5. The fourth-order valence-electron chi connectivity index (χ4n) is 2.54. The minimum Gasteiger partial charge on any atom is -0.497 e. The number of aryl methyl sites for hydroxylation is 1. The quantitative estimate of drug-likeness (QED) is 0.598. The van der Waals surface area contributed by atoms with E-state index < -0.39 is 0 Å². The lowest BCUT2D eigenvalue weighted by Crippen LogP contribution is -2.31. The molecule has 146 valence electrons. The number of hydrogen-bond acceptors (Lipinski definition) is 6. The molecule has 0 spiro atoms. The van der Waals surface area contributed by atoms with Crippen LogP contribution in [0.4, 0.5) is 5.13 Å². The van der Waals surface area contributed by atoms with Crippen LogP contribution in [0.15, 0.2) is 47.8 Å². The number of ether oxygens (including phenoxy) is 3. The summed E-state index contributed by atoms with van der Waals surface area (Å²) in [5.74, 6) is 1.88. The first kappa shape index (κ1) is 19.7. The van der Waals surface area contributed by atoms with Crippen molar-refractivity contribution >= 4 is 22.4 Å². The number of rotatable bonds is 7. The molecule has 2 aromatic carbocycles. The largest absolute Gasteiger partial charge is 0.497 e. The molecular weight excluding hydrogens is 376 g/mol. The number of aromatic nitrogens is 1. The number of likely N-dealkylation sites (N-methyl/N-ethyl adjacent to an activating group) is 1. The molecular formula is C21H22N2O4S. The van der Waals surface area contributed by atoms with Gasteiger partial charge in [-0.1, -0.05) is 17.7 Å². The molecule has 0 fully saturated rings. The van der Waals surface area contributed by atoms with Crippen LogP contribution in [0.1, 0.15) is 5.56 Å². The topological polar surface area (TPSA) is 60.9 Å². The number of methoxy groups -OCH3 is 2. The highest BCUT2D eigenvalue weighted by molar-refractivity contribution is 7.14. The summed E-state index contributed by atoms with van der Waals surface area (Å²) in [7, 11) is 4.90. The minimum absolute atomic E-state index is 0.0586. The summed E-state index contributed by atoms with van der Waals surface area (Å²) in [6, 6.07) is 13.1. The first-order valence-electron chi connectivity index (χ1n) is 8.65. The third-order valence-electron chi connectivity index (χ3n) is 4.22. The Hall–Kier alpha value is -3.06. The summed E-state index contributed by atoms with van der Waals surface area (Å²) >= 11 is 1.38. The monoisotopic (exact) mass is 398 g/mol. The molecule has 0 bridgehead atoms. The van der Waals surface area contributed by atoms with E-state index in [4.69, 9.17) is 14.2 Å². The van der Waals surface area contributed by atoms with Crippen LogP contribution in [0.25, 0.3) is 11.3 Å². The van der Waals surface area contributed by atoms with Gasteiger partial charge in [-0.3, -0.25) is 9.69 Å². The van der Waals surface area contributed by atoms with Crippen LogP contribution >= 0.6 is 11.3 Å². The van der Waals surface area contributed by atoms with Crippen molar-refractivity contribution in [2.75, 3.05) is 32.8 Å². The van der Waals surface area contributed by atoms with E-state index in [9.17, 15) is 4.79 Å². The number of thiazole rings is 1. The molecule has 0 N–H and O–H groups in total. The Labute approximate surface area is 168 Å². The van der Waals surface area contributed by atoms with E-state index in [0.717, 1.165) is 16.8 Å². The molecule has 7 heteroatoms. The van der Waals surface area contributed by atoms with E-state index >= 15 is 0 Å². The molecule has 0 aliphatic carbocycles. The number of carbonyl (C=O) groups excluding carboxylic acids is 1. The van der Waals surface area contributed by atoms with Crippen molar-refractivity contribution in [3.05, 3.63) is 53.4 Å². The summed E-state index contributed by atoms with van der Waals surface area (Å²) in [6.07, 6.45) is 0. The van der Waals surface area contributed by atoms with Crippen molar-refractivity contribution in [3.8, 4) is 28.5 Å². The Balaban J connectivity index is 1.72. The lowest BCUT2D eigenvalue weighted by molar-refractivity contribution is -0.120. The normalized spacial score (nSPS) is 10.4. The summed E-state index contributed by atoms with van der Waals surface area (Å²) < 4.78 is 16.3. The third-order valence-corrected chi connectivity index (χ3v) is 5.14. The summed E-state index contributed by atoms with van der Waals surface area (Å²) in [4.78, 5) is 18.6. The first-order valence-corrected chi connectivity index (χ1v) is 9.53. The van der Waals surface area contributed by atoms with Gasteiger partial charge in [-0.15, -0.1) is 11.3 Å². The summed E-state index contributed by atoms with van der Waals surface area (Å²) in [5.41, 5.74) is 2.66. The maximum Gasteiger partial charge on any atom is 0.266 e. The number of nitrogens with zero attached hydrogens (tertiary/aromatic N) is 2. The highest BCUT2D eigenvalue weighted by Gasteiger charge is 2.18. The van der Waals surface area contributed by atoms with Gasteiger partial charge >= 0.3 is 0 Å². The molecule has 0 saturated carbocycles. The molecule has 1 heterocycles. The highest BCUT2D eigenvalue weighted by Crippen LogP contribution is 2.35. The number of amides is 1. The molecule has 0 aliphatic rings. The van der Waals surface area contributed by atoms with Crippen molar-refractivity contribution in [1.29, 1.82) is 0 Å². The zero-order valence-corrected chi connectivity index (χ0v) is 17.1. The van der Waals surface area contributed by atoms with Gasteiger partial charge in [0.1, 0.15) is 17.2 Å². The van der Waals surface area contributed by atoms with Crippen LogP contribution in [-0.2, 0) is 4.79 Å². The van der Waals surface area contributed by atoms with E-state index in [1.807, 2.05) is 54.8 Å². The molecule has 6 nitrogen and oxygen atoms in total. The van der Waals surface area contributed by atoms with Gasteiger partial charge in [0.2, 0.25) is 0 Å². The number of carbonyl (C=O) groups is 1. The van der Waals surface area contributed by atoms with Crippen LogP contribution in [-0.4, -0.2) is 38.8 Å².